The second-order valence-electron chi connectivity index (χ2n) is 3.51. The number of amides is 1. The van der Waals surface area contributed by atoms with Crippen LogP contribution in [0.1, 0.15) is 10.4 Å². The van der Waals surface area contributed by atoms with Crippen LogP contribution in [0.15, 0.2) is 42.6 Å². The average molecular weight is 354 g/mol. The van der Waals surface area contributed by atoms with Gasteiger partial charge in [-0.05, 0) is 52.9 Å². The highest BCUT2D eigenvalue weighted by Crippen LogP contribution is 2.16. The number of hydrogen-bond acceptors (Lipinski definition) is 4. The number of benzene rings is 1. The molecule has 0 radical (unpaired) electrons. The van der Waals surface area contributed by atoms with Crippen molar-refractivity contribution in [1.82, 2.24) is 4.98 Å². The molecule has 1 amide bonds. The summed E-state index contributed by atoms with van der Waals surface area (Å²) in [5.41, 5.74) is 3.54. The van der Waals surface area contributed by atoms with Crippen molar-refractivity contribution in [3.8, 4) is 0 Å². The summed E-state index contributed by atoms with van der Waals surface area (Å²) in [7, 11) is 0. The Morgan fingerprint density at radius 1 is 1.28 bits per heavy atom. The van der Waals surface area contributed by atoms with Gasteiger partial charge in [0.25, 0.3) is 5.91 Å². The first-order valence-electron chi connectivity index (χ1n) is 5.19. The van der Waals surface area contributed by atoms with Gasteiger partial charge in [0.05, 0.1) is 5.56 Å². The zero-order valence-corrected chi connectivity index (χ0v) is 11.5. The molecule has 1 heterocycles. The van der Waals surface area contributed by atoms with E-state index in [2.05, 4.69) is 38.3 Å². The van der Waals surface area contributed by atoms with Crippen LogP contribution in [0.2, 0.25) is 0 Å². The minimum Gasteiger partial charge on any atom is -0.322 e. The van der Waals surface area contributed by atoms with Crippen LogP contribution < -0.4 is 16.6 Å². The molecule has 0 unspecified atom stereocenters. The van der Waals surface area contributed by atoms with Gasteiger partial charge in [-0.1, -0.05) is 6.07 Å². The molecule has 2 rings (SSSR count). The van der Waals surface area contributed by atoms with Crippen molar-refractivity contribution in [2.75, 3.05) is 10.7 Å². The fourth-order valence-corrected chi connectivity index (χ4v) is 2.01. The van der Waals surface area contributed by atoms with Gasteiger partial charge < -0.3 is 10.7 Å². The average Bonchev–Trinajstić information content (AvgIpc) is 2.38. The van der Waals surface area contributed by atoms with E-state index in [1.807, 2.05) is 24.3 Å². The molecule has 0 bridgehead atoms. The summed E-state index contributed by atoms with van der Waals surface area (Å²) < 4.78 is 1.05. The Bertz CT molecular complexity index is 574. The third kappa shape index (κ3) is 2.96. The number of pyridine rings is 1. The summed E-state index contributed by atoms with van der Waals surface area (Å²) in [6.07, 6.45) is 1.57. The highest BCUT2D eigenvalue weighted by molar-refractivity contribution is 14.1. The van der Waals surface area contributed by atoms with Gasteiger partial charge in [-0.2, -0.15) is 0 Å². The smallest absolute Gasteiger partial charge is 0.259 e. The minimum atomic E-state index is -0.252. The summed E-state index contributed by atoms with van der Waals surface area (Å²) in [5, 5.41) is 2.79. The molecule has 4 N–H and O–H groups in total. The molecule has 5 nitrogen and oxygen atoms in total. The highest BCUT2D eigenvalue weighted by Gasteiger charge is 2.11. The quantitative estimate of drug-likeness (QED) is 0.449. The highest BCUT2D eigenvalue weighted by atomic mass is 127. The molecule has 92 valence electrons. The van der Waals surface area contributed by atoms with Gasteiger partial charge in [-0.3, -0.25) is 4.79 Å². The van der Waals surface area contributed by atoms with Gasteiger partial charge in [-0.15, -0.1) is 0 Å². The Morgan fingerprint density at radius 3 is 2.83 bits per heavy atom. The first-order chi connectivity index (χ1) is 8.70. The molecular formula is C12H11IN4O. The zero-order chi connectivity index (χ0) is 13.0. The maximum absolute atomic E-state index is 12.1. The number of nitrogen functional groups attached to an aromatic ring is 1. The molecule has 2 aromatic rings. The van der Waals surface area contributed by atoms with Crippen molar-refractivity contribution in [3.63, 3.8) is 0 Å². The standard InChI is InChI=1S/C12H11IN4O/c13-8-3-1-4-9(7-8)16-12(18)10-5-2-6-15-11(10)17-14/h1-7H,14H2,(H,15,17)(H,16,18). The van der Waals surface area contributed by atoms with E-state index >= 15 is 0 Å². The predicted molar refractivity (Wildman–Crippen MR) is 79.2 cm³/mol. The summed E-state index contributed by atoms with van der Waals surface area (Å²) in [5.74, 6) is 5.41. The van der Waals surface area contributed by atoms with Crippen LogP contribution in [-0.4, -0.2) is 10.9 Å². The van der Waals surface area contributed by atoms with Crippen molar-refractivity contribution in [3.05, 3.63) is 51.7 Å². The molecule has 0 saturated carbocycles. The molecule has 1 aromatic heterocycles. The molecule has 1 aromatic carbocycles. The minimum absolute atomic E-state index is 0.252. The molecule has 0 spiro atoms. The van der Waals surface area contributed by atoms with E-state index in [0.717, 1.165) is 9.26 Å². The lowest BCUT2D eigenvalue weighted by atomic mass is 10.2. The Balaban J connectivity index is 2.22. The van der Waals surface area contributed by atoms with Crippen LogP contribution in [-0.2, 0) is 0 Å². The second kappa shape index (κ2) is 5.78. The van der Waals surface area contributed by atoms with Crippen LogP contribution in [0.5, 0.6) is 0 Å². The number of nitrogens with one attached hydrogen (secondary N) is 2. The molecule has 18 heavy (non-hydrogen) atoms. The lowest BCUT2D eigenvalue weighted by Gasteiger charge is -2.08. The van der Waals surface area contributed by atoms with Crippen molar-refractivity contribution >= 4 is 40.0 Å². The van der Waals surface area contributed by atoms with E-state index in [1.165, 1.54) is 0 Å². The van der Waals surface area contributed by atoms with Crippen LogP contribution in [0.25, 0.3) is 0 Å². The van der Waals surface area contributed by atoms with E-state index in [1.54, 1.807) is 18.3 Å². The maximum Gasteiger partial charge on any atom is 0.259 e. The first-order valence-corrected chi connectivity index (χ1v) is 6.27. The maximum atomic E-state index is 12.1. The number of nitrogens with zero attached hydrogens (tertiary/aromatic N) is 1. The predicted octanol–water partition coefficient (Wildman–Crippen LogP) is 2.22. The van der Waals surface area contributed by atoms with Crippen molar-refractivity contribution in [2.45, 2.75) is 0 Å². The number of nitrogens with two attached hydrogens (primary N) is 1. The van der Waals surface area contributed by atoms with E-state index in [4.69, 9.17) is 5.84 Å². The Hall–Kier alpha value is -1.67. The largest absolute Gasteiger partial charge is 0.322 e. The Kier molecular flexibility index (Phi) is 4.11. The topological polar surface area (TPSA) is 80.0 Å². The second-order valence-corrected chi connectivity index (χ2v) is 4.75. The molecule has 0 saturated heterocycles. The molecule has 0 aliphatic rings. The van der Waals surface area contributed by atoms with Crippen LogP contribution >= 0.6 is 22.6 Å². The van der Waals surface area contributed by atoms with Crippen molar-refractivity contribution in [2.24, 2.45) is 5.84 Å². The van der Waals surface area contributed by atoms with Crippen LogP contribution in [0, 0.1) is 3.57 Å². The molecule has 6 heteroatoms. The number of anilines is 2. The van der Waals surface area contributed by atoms with E-state index in [-0.39, 0.29) is 5.91 Å². The fraction of sp³-hybridized carbons (Fsp3) is 0. The summed E-state index contributed by atoms with van der Waals surface area (Å²) in [6.45, 7) is 0. The van der Waals surface area contributed by atoms with Crippen molar-refractivity contribution < 1.29 is 4.79 Å². The monoisotopic (exact) mass is 354 g/mol. The van der Waals surface area contributed by atoms with E-state index in [9.17, 15) is 4.79 Å². The van der Waals surface area contributed by atoms with Gasteiger partial charge in [0.15, 0.2) is 5.82 Å². The van der Waals surface area contributed by atoms with E-state index in [0.29, 0.717) is 11.4 Å². The molecule has 0 aliphatic heterocycles. The summed E-state index contributed by atoms with van der Waals surface area (Å²) >= 11 is 2.18. The lowest BCUT2D eigenvalue weighted by molar-refractivity contribution is 0.102. The molecular weight excluding hydrogens is 343 g/mol. The Labute approximate surface area is 118 Å². The molecule has 0 fully saturated rings. The molecule has 0 aliphatic carbocycles. The Morgan fingerprint density at radius 2 is 2.11 bits per heavy atom. The number of carbonyl (C=O) groups is 1. The summed E-state index contributed by atoms with van der Waals surface area (Å²) in [6, 6.07) is 10.9. The van der Waals surface area contributed by atoms with Gasteiger partial charge in [0, 0.05) is 15.5 Å². The molecule has 0 atom stereocenters. The number of aromatic nitrogens is 1. The number of rotatable bonds is 3. The van der Waals surface area contributed by atoms with Gasteiger partial charge in [-0.25, -0.2) is 10.8 Å². The third-order valence-electron chi connectivity index (χ3n) is 2.27. The van der Waals surface area contributed by atoms with Crippen LogP contribution in [0.3, 0.4) is 0 Å². The van der Waals surface area contributed by atoms with E-state index < -0.39 is 0 Å². The summed E-state index contributed by atoms with van der Waals surface area (Å²) in [4.78, 5) is 16.0. The lowest BCUT2D eigenvalue weighted by Crippen LogP contribution is -2.18. The number of carbonyl (C=O) groups excluding carboxylic acids is 1. The number of hydrazine groups is 1. The van der Waals surface area contributed by atoms with Gasteiger partial charge >= 0.3 is 0 Å². The van der Waals surface area contributed by atoms with Crippen molar-refractivity contribution in [1.29, 1.82) is 0 Å². The zero-order valence-electron chi connectivity index (χ0n) is 9.35. The van der Waals surface area contributed by atoms with Crippen LogP contribution in [0.4, 0.5) is 11.5 Å². The first kappa shape index (κ1) is 12.8. The van der Waals surface area contributed by atoms with Gasteiger partial charge in [0.2, 0.25) is 0 Å². The third-order valence-corrected chi connectivity index (χ3v) is 2.94. The number of hydrogen-bond donors (Lipinski definition) is 3. The number of halogens is 1. The fourth-order valence-electron chi connectivity index (χ4n) is 1.47. The normalized spacial score (nSPS) is 9.89. The SMILES string of the molecule is NNc1ncccc1C(=O)Nc1cccc(I)c1. The van der Waals surface area contributed by atoms with Gasteiger partial charge in [0.1, 0.15) is 0 Å².